The molecule has 1 aliphatic rings. The number of anilines is 1. The fraction of sp³-hybridized carbons (Fsp3) is 0.400. The third kappa shape index (κ3) is 1.97. The molecular formula is C10H12N4O4. The second-order valence-corrected chi connectivity index (χ2v) is 4.24. The van der Waals surface area contributed by atoms with Crippen LogP contribution in [-0.2, 0) is 4.79 Å². The van der Waals surface area contributed by atoms with Gasteiger partial charge >= 0.3 is 11.7 Å². The van der Waals surface area contributed by atoms with Crippen molar-refractivity contribution in [3.63, 3.8) is 0 Å². The van der Waals surface area contributed by atoms with Gasteiger partial charge in [-0.3, -0.25) is 14.9 Å². The van der Waals surface area contributed by atoms with Crippen LogP contribution in [-0.4, -0.2) is 39.6 Å². The lowest BCUT2D eigenvalue weighted by Gasteiger charge is -2.20. The topological polar surface area (TPSA) is 123 Å². The Bertz CT molecular complexity index is 506. The first-order valence-electron chi connectivity index (χ1n) is 5.31. The van der Waals surface area contributed by atoms with Gasteiger partial charge in [0.1, 0.15) is 5.54 Å². The van der Waals surface area contributed by atoms with Crippen molar-refractivity contribution in [1.82, 2.24) is 4.98 Å². The van der Waals surface area contributed by atoms with Crippen molar-refractivity contribution in [1.29, 1.82) is 0 Å². The molecule has 1 aromatic heterocycles. The number of pyridine rings is 1. The SMILES string of the molecule is NC1(C(=O)O)CCN(c2ncccc2[N+](=O)[O-])C1. The lowest BCUT2D eigenvalue weighted by molar-refractivity contribution is -0.384. The van der Waals surface area contributed by atoms with Crippen LogP contribution >= 0.6 is 0 Å². The maximum Gasteiger partial charge on any atom is 0.325 e. The van der Waals surface area contributed by atoms with E-state index in [9.17, 15) is 14.9 Å². The van der Waals surface area contributed by atoms with E-state index in [4.69, 9.17) is 10.8 Å². The summed E-state index contributed by atoms with van der Waals surface area (Å²) in [5, 5.41) is 19.9. The van der Waals surface area contributed by atoms with E-state index in [1.807, 2.05) is 0 Å². The van der Waals surface area contributed by atoms with E-state index in [1.165, 1.54) is 23.2 Å². The lowest BCUT2D eigenvalue weighted by Crippen LogP contribution is -2.50. The van der Waals surface area contributed by atoms with Gasteiger partial charge in [-0.05, 0) is 12.5 Å². The van der Waals surface area contributed by atoms with Crippen molar-refractivity contribution < 1.29 is 14.8 Å². The van der Waals surface area contributed by atoms with E-state index in [0.717, 1.165) is 0 Å². The van der Waals surface area contributed by atoms with Crippen molar-refractivity contribution in [3.05, 3.63) is 28.4 Å². The molecule has 0 aliphatic carbocycles. The Balaban J connectivity index is 2.30. The number of carboxylic acid groups (broad SMARTS) is 1. The summed E-state index contributed by atoms with van der Waals surface area (Å²) in [6.07, 6.45) is 1.66. The minimum absolute atomic E-state index is 0.0141. The molecule has 2 rings (SSSR count). The summed E-state index contributed by atoms with van der Waals surface area (Å²) >= 11 is 0. The highest BCUT2D eigenvalue weighted by Crippen LogP contribution is 2.30. The van der Waals surface area contributed by atoms with E-state index in [-0.39, 0.29) is 24.5 Å². The molecule has 1 aliphatic heterocycles. The quantitative estimate of drug-likeness (QED) is 0.572. The maximum absolute atomic E-state index is 11.0. The van der Waals surface area contributed by atoms with Crippen LogP contribution in [0.1, 0.15) is 6.42 Å². The summed E-state index contributed by atoms with van der Waals surface area (Å²) in [6, 6.07) is 2.80. The lowest BCUT2D eigenvalue weighted by atomic mass is 10.0. The van der Waals surface area contributed by atoms with E-state index in [1.54, 1.807) is 0 Å². The standard InChI is InChI=1S/C10H12N4O4/c11-10(9(15)16)3-5-13(6-10)8-7(14(17)18)2-1-4-12-8/h1-2,4H,3,5-6,11H2,(H,15,16). The monoisotopic (exact) mass is 252 g/mol. The molecule has 1 fully saturated rings. The highest BCUT2D eigenvalue weighted by Gasteiger charge is 2.43. The highest BCUT2D eigenvalue weighted by atomic mass is 16.6. The summed E-state index contributed by atoms with van der Waals surface area (Å²) in [6.45, 7) is 0.348. The molecule has 2 heterocycles. The fourth-order valence-corrected chi connectivity index (χ4v) is 1.96. The summed E-state index contributed by atoms with van der Waals surface area (Å²) in [4.78, 5) is 26.8. The molecule has 18 heavy (non-hydrogen) atoms. The number of nitro groups is 1. The first kappa shape index (κ1) is 12.2. The Hall–Kier alpha value is -2.22. The van der Waals surface area contributed by atoms with Crippen LogP contribution in [0.15, 0.2) is 18.3 Å². The Morgan fingerprint density at radius 1 is 1.67 bits per heavy atom. The number of nitrogens with two attached hydrogens (primary N) is 1. The molecule has 3 N–H and O–H groups in total. The van der Waals surface area contributed by atoms with E-state index >= 15 is 0 Å². The Morgan fingerprint density at radius 3 is 2.94 bits per heavy atom. The van der Waals surface area contributed by atoms with Gasteiger partial charge < -0.3 is 15.7 Å². The Kier molecular flexibility index (Phi) is 2.87. The third-order valence-electron chi connectivity index (χ3n) is 2.99. The predicted molar refractivity (Wildman–Crippen MR) is 62.3 cm³/mol. The molecule has 8 heteroatoms. The number of aromatic nitrogens is 1. The zero-order chi connectivity index (χ0) is 13.3. The van der Waals surface area contributed by atoms with Gasteiger partial charge in [-0.25, -0.2) is 4.98 Å². The summed E-state index contributed by atoms with van der Waals surface area (Å²) in [5.41, 5.74) is 4.20. The van der Waals surface area contributed by atoms with Gasteiger partial charge in [0.25, 0.3) is 0 Å². The molecule has 0 saturated carbocycles. The molecule has 96 valence electrons. The summed E-state index contributed by atoms with van der Waals surface area (Å²) in [7, 11) is 0. The van der Waals surface area contributed by atoms with Crippen LogP contribution in [0, 0.1) is 10.1 Å². The maximum atomic E-state index is 11.0. The van der Waals surface area contributed by atoms with E-state index in [0.29, 0.717) is 6.54 Å². The normalized spacial score (nSPS) is 23.1. The van der Waals surface area contributed by atoms with Crippen LogP contribution in [0.5, 0.6) is 0 Å². The molecule has 0 aromatic carbocycles. The van der Waals surface area contributed by atoms with Gasteiger partial charge in [-0.2, -0.15) is 0 Å². The van der Waals surface area contributed by atoms with Crippen LogP contribution in [0.2, 0.25) is 0 Å². The third-order valence-corrected chi connectivity index (χ3v) is 2.99. The molecule has 0 radical (unpaired) electrons. The molecule has 1 saturated heterocycles. The highest BCUT2D eigenvalue weighted by molar-refractivity contribution is 5.81. The van der Waals surface area contributed by atoms with Crippen molar-refractivity contribution in [2.24, 2.45) is 5.73 Å². The molecule has 8 nitrogen and oxygen atoms in total. The van der Waals surface area contributed by atoms with Crippen molar-refractivity contribution in [2.45, 2.75) is 12.0 Å². The largest absolute Gasteiger partial charge is 0.480 e. The van der Waals surface area contributed by atoms with Crippen LogP contribution < -0.4 is 10.6 Å². The molecule has 1 atom stereocenters. The van der Waals surface area contributed by atoms with Gasteiger partial charge in [-0.1, -0.05) is 0 Å². The number of aliphatic carboxylic acids is 1. The number of hydrogen-bond acceptors (Lipinski definition) is 6. The molecule has 1 aromatic rings. The number of carbonyl (C=O) groups is 1. The number of carboxylic acids is 1. The predicted octanol–water partition coefficient (Wildman–Crippen LogP) is -0.0180. The molecule has 0 spiro atoms. The Morgan fingerprint density at radius 2 is 2.39 bits per heavy atom. The summed E-state index contributed by atoms with van der Waals surface area (Å²) < 4.78 is 0. The average molecular weight is 252 g/mol. The van der Waals surface area contributed by atoms with Crippen molar-refractivity contribution in [3.8, 4) is 0 Å². The molecular weight excluding hydrogens is 240 g/mol. The Labute approximate surface area is 102 Å². The second kappa shape index (κ2) is 4.22. The van der Waals surface area contributed by atoms with Gasteiger partial charge in [0.15, 0.2) is 0 Å². The van der Waals surface area contributed by atoms with Crippen molar-refractivity contribution in [2.75, 3.05) is 18.0 Å². The number of nitrogens with zero attached hydrogens (tertiary/aromatic N) is 3. The molecule has 0 bridgehead atoms. The number of rotatable bonds is 3. The summed E-state index contributed by atoms with van der Waals surface area (Å²) in [5.74, 6) is -0.945. The van der Waals surface area contributed by atoms with Crippen LogP contribution in [0.4, 0.5) is 11.5 Å². The first-order valence-corrected chi connectivity index (χ1v) is 5.31. The minimum Gasteiger partial charge on any atom is -0.480 e. The molecule has 0 amide bonds. The van der Waals surface area contributed by atoms with E-state index < -0.39 is 16.4 Å². The number of hydrogen-bond donors (Lipinski definition) is 2. The van der Waals surface area contributed by atoms with Crippen LogP contribution in [0.25, 0.3) is 0 Å². The zero-order valence-electron chi connectivity index (χ0n) is 9.44. The van der Waals surface area contributed by atoms with Gasteiger partial charge in [0.05, 0.1) is 4.92 Å². The molecule has 1 unspecified atom stereocenters. The average Bonchev–Trinajstić information content (AvgIpc) is 2.73. The first-order chi connectivity index (χ1) is 8.44. The van der Waals surface area contributed by atoms with Gasteiger partial charge in [-0.15, -0.1) is 0 Å². The smallest absolute Gasteiger partial charge is 0.325 e. The van der Waals surface area contributed by atoms with Crippen LogP contribution in [0.3, 0.4) is 0 Å². The zero-order valence-corrected chi connectivity index (χ0v) is 9.44. The van der Waals surface area contributed by atoms with E-state index in [2.05, 4.69) is 4.98 Å². The van der Waals surface area contributed by atoms with Crippen molar-refractivity contribution >= 4 is 17.5 Å². The second-order valence-electron chi connectivity index (χ2n) is 4.24. The van der Waals surface area contributed by atoms with Gasteiger partial charge in [0, 0.05) is 25.4 Å². The fourth-order valence-electron chi connectivity index (χ4n) is 1.96. The minimum atomic E-state index is -1.37. The van der Waals surface area contributed by atoms with Gasteiger partial charge in [0.2, 0.25) is 5.82 Å².